The van der Waals surface area contributed by atoms with Crippen LogP contribution in [0.4, 0.5) is 0 Å². The molecule has 2 N–H and O–H groups in total. The van der Waals surface area contributed by atoms with Gasteiger partial charge in [0.15, 0.2) is 5.78 Å². The number of nitrogens with two attached hydrogens (primary N) is 1. The number of carbonyl (C=O) groups excluding carboxylic acids is 3. The Labute approximate surface area is 219 Å². The standard InChI is InChI=1S/C28H53NO5S/c1-24(2,3)17-27(10,11)22(31)33-14-19(15-35-16-20(29)21(30)26(7,8)9)34-23(32)28(12,13)18-25(4,5)6/h19-20H,14-18,29H2,1-13H3/t19-,20-/m0/s1. The quantitative estimate of drug-likeness (QED) is 0.316. The SMILES string of the molecule is CC(C)(C)CC(C)(C)C(=O)OC[C@@H](CSC[C@H](N)C(=O)C(C)(C)C)OC(=O)C(C)(C)CC(C)(C)C. The molecule has 0 unspecified atom stereocenters. The van der Waals surface area contributed by atoms with Gasteiger partial charge in [0.1, 0.15) is 12.7 Å². The Bertz CT molecular complexity index is 723. The molecule has 206 valence electrons. The van der Waals surface area contributed by atoms with E-state index < -0.39 is 28.4 Å². The van der Waals surface area contributed by atoms with Crippen molar-refractivity contribution >= 4 is 29.5 Å². The van der Waals surface area contributed by atoms with Crippen LogP contribution in [0.25, 0.3) is 0 Å². The molecule has 2 atom stereocenters. The van der Waals surface area contributed by atoms with Crippen molar-refractivity contribution in [2.24, 2.45) is 32.8 Å². The molecule has 0 aliphatic rings. The molecule has 0 heterocycles. The highest BCUT2D eigenvalue weighted by atomic mass is 32.2. The second kappa shape index (κ2) is 12.4. The summed E-state index contributed by atoms with van der Waals surface area (Å²) in [5, 5.41) is 0. The number of Topliss-reactive ketones (excluding diaryl/α,β-unsaturated/α-hetero) is 1. The Morgan fingerprint density at radius 2 is 1.14 bits per heavy atom. The van der Waals surface area contributed by atoms with Gasteiger partial charge in [-0.2, -0.15) is 11.8 Å². The Morgan fingerprint density at radius 1 is 0.714 bits per heavy atom. The van der Waals surface area contributed by atoms with Crippen LogP contribution >= 0.6 is 11.8 Å². The van der Waals surface area contributed by atoms with Crippen LogP contribution in [-0.4, -0.2) is 48.0 Å². The lowest BCUT2D eigenvalue weighted by molar-refractivity contribution is -0.170. The van der Waals surface area contributed by atoms with Gasteiger partial charge in [0, 0.05) is 16.9 Å². The van der Waals surface area contributed by atoms with E-state index in [2.05, 4.69) is 41.5 Å². The molecule has 35 heavy (non-hydrogen) atoms. The zero-order chi connectivity index (χ0) is 28.0. The average Bonchev–Trinajstić information content (AvgIpc) is 2.59. The maximum absolute atomic E-state index is 13.1. The lowest BCUT2D eigenvalue weighted by Crippen LogP contribution is -2.41. The van der Waals surface area contributed by atoms with Crippen LogP contribution in [0.3, 0.4) is 0 Å². The number of ether oxygens (including phenoxy) is 2. The molecule has 7 heteroatoms. The Balaban J connectivity index is 5.38. The van der Waals surface area contributed by atoms with E-state index in [0.29, 0.717) is 24.3 Å². The highest BCUT2D eigenvalue weighted by Crippen LogP contribution is 2.36. The van der Waals surface area contributed by atoms with Gasteiger partial charge in [0.05, 0.1) is 16.9 Å². The maximum atomic E-state index is 13.1. The van der Waals surface area contributed by atoms with E-state index in [-0.39, 0.29) is 35.2 Å². The molecular formula is C28H53NO5S. The monoisotopic (exact) mass is 515 g/mol. The molecule has 0 aromatic rings. The normalized spacial score (nSPS) is 15.4. The second-order valence-corrected chi connectivity index (χ2v) is 15.7. The molecule has 0 radical (unpaired) electrons. The zero-order valence-electron chi connectivity index (χ0n) is 24.7. The van der Waals surface area contributed by atoms with E-state index in [1.165, 1.54) is 11.8 Å². The summed E-state index contributed by atoms with van der Waals surface area (Å²) in [5.74, 6) is 0.138. The predicted molar refractivity (Wildman–Crippen MR) is 146 cm³/mol. The second-order valence-electron chi connectivity index (χ2n) is 14.6. The van der Waals surface area contributed by atoms with Crippen molar-refractivity contribution in [3.8, 4) is 0 Å². The van der Waals surface area contributed by atoms with Crippen LogP contribution in [-0.2, 0) is 23.9 Å². The first-order valence-corrected chi connectivity index (χ1v) is 13.8. The van der Waals surface area contributed by atoms with Gasteiger partial charge in [-0.15, -0.1) is 0 Å². The number of hydrogen-bond acceptors (Lipinski definition) is 7. The van der Waals surface area contributed by atoms with E-state index >= 15 is 0 Å². The summed E-state index contributed by atoms with van der Waals surface area (Å²) in [6.45, 7) is 25.5. The molecule has 6 nitrogen and oxygen atoms in total. The summed E-state index contributed by atoms with van der Waals surface area (Å²) >= 11 is 1.43. The van der Waals surface area contributed by atoms with Crippen molar-refractivity contribution in [3.63, 3.8) is 0 Å². The predicted octanol–water partition coefficient (Wildman–Crippen LogP) is 6.04. The summed E-state index contributed by atoms with van der Waals surface area (Å²) < 4.78 is 11.5. The minimum absolute atomic E-state index is 0.0137. The third-order valence-corrected chi connectivity index (χ3v) is 6.60. The van der Waals surface area contributed by atoms with Crippen molar-refractivity contribution in [2.45, 2.75) is 115 Å². The van der Waals surface area contributed by atoms with E-state index in [4.69, 9.17) is 15.2 Å². The molecule has 0 fully saturated rings. The van der Waals surface area contributed by atoms with Crippen LogP contribution in [0.2, 0.25) is 0 Å². The maximum Gasteiger partial charge on any atom is 0.311 e. The summed E-state index contributed by atoms with van der Waals surface area (Å²) in [6.07, 6.45) is 0.695. The fourth-order valence-corrected chi connectivity index (χ4v) is 5.51. The van der Waals surface area contributed by atoms with E-state index in [0.717, 1.165) is 0 Å². The van der Waals surface area contributed by atoms with Gasteiger partial charge in [-0.1, -0.05) is 62.3 Å². The smallest absolute Gasteiger partial charge is 0.311 e. The summed E-state index contributed by atoms with van der Waals surface area (Å²) in [4.78, 5) is 38.4. The lowest BCUT2D eigenvalue weighted by atomic mass is 9.76. The van der Waals surface area contributed by atoms with E-state index in [9.17, 15) is 14.4 Å². The molecule has 0 aliphatic heterocycles. The van der Waals surface area contributed by atoms with Gasteiger partial charge in [-0.05, 0) is 51.4 Å². The lowest BCUT2D eigenvalue weighted by Gasteiger charge is -2.33. The first kappa shape index (κ1) is 33.9. The zero-order valence-corrected chi connectivity index (χ0v) is 25.5. The van der Waals surface area contributed by atoms with E-state index in [1.807, 2.05) is 48.5 Å². The summed E-state index contributed by atoms with van der Waals surface area (Å²) in [5.41, 5.74) is 4.17. The molecule has 0 saturated carbocycles. The van der Waals surface area contributed by atoms with Gasteiger partial charge in [0.25, 0.3) is 0 Å². The molecule has 0 bridgehead atoms. The van der Waals surface area contributed by atoms with Crippen LogP contribution in [0, 0.1) is 27.1 Å². The fraction of sp³-hybridized carbons (Fsp3) is 0.893. The highest BCUT2D eigenvalue weighted by Gasteiger charge is 2.37. The van der Waals surface area contributed by atoms with Gasteiger partial charge in [0.2, 0.25) is 0 Å². The number of rotatable bonds is 12. The summed E-state index contributed by atoms with van der Waals surface area (Å²) in [7, 11) is 0. The van der Waals surface area contributed by atoms with Gasteiger partial charge in [-0.25, -0.2) is 0 Å². The Kier molecular flexibility index (Phi) is 12.1. The largest absolute Gasteiger partial charge is 0.461 e. The van der Waals surface area contributed by atoms with Crippen LogP contribution < -0.4 is 5.73 Å². The van der Waals surface area contributed by atoms with Crippen molar-refractivity contribution in [1.82, 2.24) is 0 Å². The molecule has 0 aliphatic carbocycles. The van der Waals surface area contributed by atoms with Crippen molar-refractivity contribution in [2.75, 3.05) is 18.1 Å². The molecule has 0 saturated heterocycles. The van der Waals surface area contributed by atoms with Gasteiger partial charge >= 0.3 is 11.9 Å². The molecule has 0 amide bonds. The molecule has 0 aromatic carbocycles. The number of ketones is 1. The third kappa shape index (κ3) is 13.7. The first-order chi connectivity index (χ1) is 15.4. The van der Waals surface area contributed by atoms with Crippen molar-refractivity contribution in [1.29, 1.82) is 0 Å². The van der Waals surface area contributed by atoms with Gasteiger partial charge < -0.3 is 15.2 Å². The van der Waals surface area contributed by atoms with Gasteiger partial charge in [-0.3, -0.25) is 14.4 Å². The Hall–Kier alpha value is -1.08. The van der Waals surface area contributed by atoms with Crippen molar-refractivity contribution in [3.05, 3.63) is 0 Å². The first-order valence-electron chi connectivity index (χ1n) is 12.6. The number of hydrogen-bond donors (Lipinski definition) is 1. The topological polar surface area (TPSA) is 95.7 Å². The molecule has 0 rings (SSSR count). The molecule has 0 aromatic heterocycles. The molecule has 0 spiro atoms. The number of carbonyl (C=O) groups is 3. The fourth-order valence-electron chi connectivity index (χ4n) is 4.55. The minimum Gasteiger partial charge on any atom is -0.461 e. The van der Waals surface area contributed by atoms with E-state index in [1.54, 1.807) is 0 Å². The van der Waals surface area contributed by atoms with Crippen molar-refractivity contribution < 1.29 is 23.9 Å². The number of esters is 2. The van der Waals surface area contributed by atoms with Crippen LogP contribution in [0.15, 0.2) is 0 Å². The Morgan fingerprint density at radius 3 is 1.54 bits per heavy atom. The van der Waals surface area contributed by atoms with Crippen LogP contribution in [0.5, 0.6) is 0 Å². The average molecular weight is 516 g/mol. The number of thioether (sulfide) groups is 1. The molecular weight excluding hydrogens is 462 g/mol. The highest BCUT2D eigenvalue weighted by molar-refractivity contribution is 7.99. The van der Waals surface area contributed by atoms with Crippen LogP contribution in [0.1, 0.15) is 103 Å². The summed E-state index contributed by atoms with van der Waals surface area (Å²) in [6, 6.07) is -0.609. The minimum atomic E-state index is -0.685. The third-order valence-electron chi connectivity index (χ3n) is 5.40.